The monoisotopic (exact) mass is 257 g/mol. The van der Waals surface area contributed by atoms with E-state index in [2.05, 4.69) is 10.6 Å². The molecular formula is C12H23N3O3. The third kappa shape index (κ3) is 3.96. The summed E-state index contributed by atoms with van der Waals surface area (Å²) in [6.07, 6.45) is 1.28. The van der Waals surface area contributed by atoms with E-state index in [1.807, 2.05) is 19.0 Å². The minimum atomic E-state index is -0.819. The summed E-state index contributed by atoms with van der Waals surface area (Å²) in [4.78, 5) is 25.8. The molecule has 2 amide bonds. The number of carbonyl (C=O) groups excluding carboxylic acids is 2. The van der Waals surface area contributed by atoms with Crippen LogP contribution in [0, 0.1) is 5.41 Å². The van der Waals surface area contributed by atoms with Gasteiger partial charge in [-0.3, -0.25) is 9.59 Å². The molecule has 6 nitrogen and oxygen atoms in total. The molecule has 0 aromatic heterocycles. The number of carbonyl (C=O) groups is 2. The number of methoxy groups -OCH3 is 1. The van der Waals surface area contributed by atoms with Gasteiger partial charge in [-0.25, -0.2) is 0 Å². The molecular weight excluding hydrogens is 234 g/mol. The van der Waals surface area contributed by atoms with E-state index in [0.29, 0.717) is 32.5 Å². The van der Waals surface area contributed by atoms with Gasteiger partial charge < -0.3 is 20.3 Å². The number of rotatable bonds is 8. The van der Waals surface area contributed by atoms with Crippen LogP contribution in [0.15, 0.2) is 0 Å². The fraction of sp³-hybridized carbons (Fsp3) is 0.833. The molecule has 1 aliphatic carbocycles. The Hall–Kier alpha value is -1.14. The van der Waals surface area contributed by atoms with Crippen LogP contribution in [-0.2, 0) is 14.3 Å². The summed E-state index contributed by atoms with van der Waals surface area (Å²) in [6, 6.07) is 0. The van der Waals surface area contributed by atoms with Gasteiger partial charge in [-0.2, -0.15) is 0 Å². The van der Waals surface area contributed by atoms with Gasteiger partial charge in [-0.15, -0.1) is 0 Å². The van der Waals surface area contributed by atoms with Crippen molar-refractivity contribution in [2.24, 2.45) is 5.41 Å². The van der Waals surface area contributed by atoms with Gasteiger partial charge in [-0.05, 0) is 26.9 Å². The van der Waals surface area contributed by atoms with E-state index in [1.54, 1.807) is 7.11 Å². The molecule has 0 atom stereocenters. The first-order valence-electron chi connectivity index (χ1n) is 6.23. The molecule has 0 spiro atoms. The molecule has 104 valence electrons. The van der Waals surface area contributed by atoms with Gasteiger partial charge >= 0.3 is 0 Å². The number of amides is 2. The highest BCUT2D eigenvalue weighted by atomic mass is 16.5. The Morgan fingerprint density at radius 1 is 1.17 bits per heavy atom. The molecule has 0 unspecified atom stereocenters. The van der Waals surface area contributed by atoms with Gasteiger partial charge in [0, 0.05) is 26.7 Å². The van der Waals surface area contributed by atoms with Crippen molar-refractivity contribution in [1.29, 1.82) is 0 Å². The lowest BCUT2D eigenvalue weighted by Gasteiger charge is -2.16. The third-order valence-corrected chi connectivity index (χ3v) is 3.06. The Balaban J connectivity index is 2.33. The molecule has 6 heteroatoms. The second kappa shape index (κ2) is 6.70. The van der Waals surface area contributed by atoms with Crippen LogP contribution in [-0.4, -0.2) is 64.2 Å². The molecule has 0 heterocycles. The van der Waals surface area contributed by atoms with Crippen LogP contribution in [0.2, 0.25) is 0 Å². The minimum absolute atomic E-state index is 0.153. The maximum atomic E-state index is 12.0. The standard InChI is InChI=1S/C12H23N3O3/c1-15(2)8-6-13-10(16)12(4-5-12)11(17)14-7-9-18-3/h4-9H2,1-3H3,(H,13,16)(H,14,17). The van der Waals surface area contributed by atoms with E-state index >= 15 is 0 Å². The average molecular weight is 257 g/mol. The van der Waals surface area contributed by atoms with Crippen molar-refractivity contribution >= 4 is 11.8 Å². The topological polar surface area (TPSA) is 70.7 Å². The van der Waals surface area contributed by atoms with Crippen LogP contribution in [0.3, 0.4) is 0 Å². The zero-order valence-electron chi connectivity index (χ0n) is 11.4. The van der Waals surface area contributed by atoms with E-state index in [9.17, 15) is 9.59 Å². The lowest BCUT2D eigenvalue weighted by molar-refractivity contribution is -0.137. The van der Waals surface area contributed by atoms with Crippen LogP contribution in [0.1, 0.15) is 12.8 Å². The summed E-state index contributed by atoms with van der Waals surface area (Å²) in [5.74, 6) is -0.332. The Bertz CT molecular complexity index is 301. The second-order valence-corrected chi connectivity index (χ2v) is 4.89. The summed E-state index contributed by atoms with van der Waals surface area (Å²) >= 11 is 0. The van der Waals surface area contributed by atoms with Crippen LogP contribution < -0.4 is 10.6 Å². The predicted molar refractivity (Wildman–Crippen MR) is 68.1 cm³/mol. The lowest BCUT2D eigenvalue weighted by Crippen LogP contribution is -2.45. The minimum Gasteiger partial charge on any atom is -0.383 e. The Kier molecular flexibility index (Phi) is 5.55. The average Bonchev–Trinajstić information content (AvgIpc) is 3.09. The summed E-state index contributed by atoms with van der Waals surface area (Å²) in [5.41, 5.74) is -0.819. The van der Waals surface area contributed by atoms with Gasteiger partial charge in [0.15, 0.2) is 0 Å². The molecule has 1 aliphatic rings. The van der Waals surface area contributed by atoms with Crippen molar-refractivity contribution in [1.82, 2.24) is 15.5 Å². The summed E-state index contributed by atoms with van der Waals surface area (Å²) < 4.78 is 4.86. The van der Waals surface area contributed by atoms with Crippen molar-refractivity contribution in [2.45, 2.75) is 12.8 Å². The van der Waals surface area contributed by atoms with E-state index in [0.717, 1.165) is 6.54 Å². The first kappa shape index (κ1) is 14.9. The molecule has 2 N–H and O–H groups in total. The molecule has 0 radical (unpaired) electrons. The summed E-state index contributed by atoms with van der Waals surface area (Å²) in [6.45, 7) is 2.25. The number of nitrogens with zero attached hydrogens (tertiary/aromatic N) is 1. The van der Waals surface area contributed by atoms with Gasteiger partial charge in [0.25, 0.3) is 0 Å². The van der Waals surface area contributed by atoms with E-state index in [4.69, 9.17) is 4.74 Å². The molecule has 1 rings (SSSR count). The smallest absolute Gasteiger partial charge is 0.235 e. The number of hydrogen-bond acceptors (Lipinski definition) is 4. The van der Waals surface area contributed by atoms with E-state index in [1.165, 1.54) is 0 Å². The first-order valence-corrected chi connectivity index (χ1v) is 6.23. The Morgan fingerprint density at radius 3 is 2.17 bits per heavy atom. The molecule has 1 saturated carbocycles. The molecule has 1 fully saturated rings. The summed E-state index contributed by atoms with van der Waals surface area (Å²) in [5, 5.41) is 5.55. The van der Waals surface area contributed by atoms with Gasteiger partial charge in [0.05, 0.1) is 6.61 Å². The molecule has 0 bridgehead atoms. The molecule has 0 saturated heterocycles. The predicted octanol–water partition coefficient (Wildman–Crippen LogP) is -0.793. The van der Waals surface area contributed by atoms with Crippen LogP contribution >= 0.6 is 0 Å². The number of nitrogens with one attached hydrogen (secondary N) is 2. The van der Waals surface area contributed by atoms with Gasteiger partial charge in [-0.1, -0.05) is 0 Å². The molecule has 0 aliphatic heterocycles. The zero-order chi connectivity index (χ0) is 13.6. The van der Waals surface area contributed by atoms with Crippen molar-refractivity contribution in [3.8, 4) is 0 Å². The third-order valence-electron chi connectivity index (χ3n) is 3.06. The maximum absolute atomic E-state index is 12.0. The number of likely N-dealkylation sites (N-methyl/N-ethyl adjacent to an activating group) is 1. The number of ether oxygens (including phenoxy) is 1. The Labute approximate surface area is 108 Å². The van der Waals surface area contributed by atoms with Crippen molar-refractivity contribution in [2.75, 3.05) is 47.4 Å². The SMILES string of the molecule is COCCNC(=O)C1(C(=O)NCCN(C)C)CC1. The van der Waals surface area contributed by atoms with Crippen LogP contribution in [0.5, 0.6) is 0 Å². The second-order valence-electron chi connectivity index (χ2n) is 4.89. The maximum Gasteiger partial charge on any atom is 0.235 e. The van der Waals surface area contributed by atoms with E-state index in [-0.39, 0.29) is 11.8 Å². The normalized spacial score (nSPS) is 16.4. The van der Waals surface area contributed by atoms with Gasteiger partial charge in [0.1, 0.15) is 5.41 Å². The van der Waals surface area contributed by atoms with Crippen molar-refractivity contribution in [3.05, 3.63) is 0 Å². The molecule has 0 aromatic rings. The largest absolute Gasteiger partial charge is 0.383 e. The number of hydrogen-bond donors (Lipinski definition) is 2. The molecule has 18 heavy (non-hydrogen) atoms. The Morgan fingerprint density at radius 2 is 1.72 bits per heavy atom. The summed E-state index contributed by atoms with van der Waals surface area (Å²) in [7, 11) is 5.46. The lowest BCUT2D eigenvalue weighted by atomic mass is 10.1. The van der Waals surface area contributed by atoms with E-state index < -0.39 is 5.41 Å². The zero-order valence-corrected chi connectivity index (χ0v) is 11.4. The highest BCUT2D eigenvalue weighted by molar-refractivity contribution is 6.07. The fourth-order valence-corrected chi connectivity index (χ4v) is 1.68. The van der Waals surface area contributed by atoms with Crippen LogP contribution in [0.4, 0.5) is 0 Å². The molecule has 0 aromatic carbocycles. The quantitative estimate of drug-likeness (QED) is 0.441. The van der Waals surface area contributed by atoms with Crippen LogP contribution in [0.25, 0.3) is 0 Å². The highest BCUT2D eigenvalue weighted by Crippen LogP contribution is 2.46. The van der Waals surface area contributed by atoms with Crippen molar-refractivity contribution < 1.29 is 14.3 Å². The highest BCUT2D eigenvalue weighted by Gasteiger charge is 2.56. The fourth-order valence-electron chi connectivity index (χ4n) is 1.68. The van der Waals surface area contributed by atoms with Gasteiger partial charge in [0.2, 0.25) is 11.8 Å². The van der Waals surface area contributed by atoms with Crippen molar-refractivity contribution in [3.63, 3.8) is 0 Å². The first-order chi connectivity index (χ1) is 8.53.